The van der Waals surface area contributed by atoms with Crippen molar-refractivity contribution in [2.75, 3.05) is 6.54 Å². The van der Waals surface area contributed by atoms with Gasteiger partial charge in [0.05, 0.1) is 0 Å². The lowest BCUT2D eigenvalue weighted by Gasteiger charge is -2.02. The predicted octanol–water partition coefficient (Wildman–Crippen LogP) is 1.76. The first-order chi connectivity index (χ1) is 7.66. The second-order valence-corrected chi connectivity index (χ2v) is 3.71. The Morgan fingerprint density at radius 1 is 1.44 bits per heavy atom. The number of rotatable bonds is 3. The monoisotopic (exact) mass is 220 g/mol. The molecular weight excluding hydrogens is 207 g/mol. The van der Waals surface area contributed by atoms with E-state index in [-0.39, 0.29) is 11.7 Å². The Labute approximate surface area is 92.9 Å². The molecule has 0 saturated carbocycles. The SMILES string of the molecule is CC(=O)NCCc1ccn2cc(F)ccc12. The smallest absolute Gasteiger partial charge is 0.216 e. The van der Waals surface area contributed by atoms with Crippen molar-refractivity contribution in [3.05, 3.63) is 42.0 Å². The summed E-state index contributed by atoms with van der Waals surface area (Å²) in [6.45, 7) is 2.10. The molecule has 0 aliphatic carbocycles. The molecular formula is C12H13FN2O. The molecule has 2 rings (SSSR count). The summed E-state index contributed by atoms with van der Waals surface area (Å²) < 4.78 is 14.7. The molecule has 0 radical (unpaired) electrons. The minimum atomic E-state index is -0.253. The molecule has 2 heterocycles. The van der Waals surface area contributed by atoms with Gasteiger partial charge in [-0.15, -0.1) is 0 Å². The third-order valence-electron chi connectivity index (χ3n) is 2.47. The van der Waals surface area contributed by atoms with Crippen molar-refractivity contribution < 1.29 is 9.18 Å². The van der Waals surface area contributed by atoms with Gasteiger partial charge in [-0.05, 0) is 30.2 Å². The van der Waals surface area contributed by atoms with Gasteiger partial charge in [0.15, 0.2) is 0 Å². The Bertz CT molecular complexity index is 519. The maximum atomic E-state index is 12.9. The molecule has 1 amide bonds. The summed E-state index contributed by atoms with van der Waals surface area (Å²) in [5.74, 6) is -0.286. The van der Waals surface area contributed by atoms with Gasteiger partial charge in [-0.2, -0.15) is 0 Å². The first-order valence-corrected chi connectivity index (χ1v) is 5.16. The molecule has 0 aliphatic heterocycles. The van der Waals surface area contributed by atoms with Crippen LogP contribution in [0.15, 0.2) is 30.6 Å². The van der Waals surface area contributed by atoms with Crippen molar-refractivity contribution in [3.8, 4) is 0 Å². The Kier molecular flexibility index (Phi) is 2.90. The van der Waals surface area contributed by atoms with E-state index in [1.54, 1.807) is 10.5 Å². The number of halogens is 1. The van der Waals surface area contributed by atoms with Crippen LogP contribution in [0.2, 0.25) is 0 Å². The Morgan fingerprint density at radius 3 is 3.00 bits per heavy atom. The van der Waals surface area contributed by atoms with Crippen molar-refractivity contribution in [1.82, 2.24) is 9.72 Å². The first-order valence-electron chi connectivity index (χ1n) is 5.16. The number of amides is 1. The summed E-state index contributed by atoms with van der Waals surface area (Å²) in [5.41, 5.74) is 2.08. The summed E-state index contributed by atoms with van der Waals surface area (Å²) >= 11 is 0. The lowest BCUT2D eigenvalue weighted by molar-refractivity contribution is -0.118. The average molecular weight is 220 g/mol. The summed E-state index contributed by atoms with van der Waals surface area (Å²) in [4.78, 5) is 10.7. The van der Waals surface area contributed by atoms with Crippen LogP contribution in [0.1, 0.15) is 12.5 Å². The highest BCUT2D eigenvalue weighted by Gasteiger charge is 2.03. The van der Waals surface area contributed by atoms with E-state index < -0.39 is 0 Å². The molecule has 0 spiro atoms. The number of carbonyl (C=O) groups excluding carboxylic acids is 1. The fourth-order valence-electron chi connectivity index (χ4n) is 1.73. The molecule has 1 N–H and O–H groups in total. The van der Waals surface area contributed by atoms with Gasteiger partial charge in [-0.3, -0.25) is 4.79 Å². The zero-order valence-corrected chi connectivity index (χ0v) is 9.03. The standard InChI is InChI=1S/C12H13FN2O/c1-9(16)14-6-4-10-5-7-15-8-11(13)2-3-12(10)15/h2-3,5,7-8H,4,6H2,1H3,(H,14,16). The molecule has 0 fully saturated rings. The highest BCUT2D eigenvalue weighted by molar-refractivity contribution is 5.72. The average Bonchev–Trinajstić information content (AvgIpc) is 2.60. The molecule has 0 bridgehead atoms. The third-order valence-corrected chi connectivity index (χ3v) is 2.47. The van der Waals surface area contributed by atoms with Crippen molar-refractivity contribution in [1.29, 1.82) is 0 Å². The molecule has 2 aromatic rings. The van der Waals surface area contributed by atoms with Crippen LogP contribution in [0.3, 0.4) is 0 Å². The van der Waals surface area contributed by atoms with Crippen LogP contribution in [0.5, 0.6) is 0 Å². The normalized spacial score (nSPS) is 10.6. The van der Waals surface area contributed by atoms with E-state index >= 15 is 0 Å². The summed E-state index contributed by atoms with van der Waals surface area (Å²) in [6.07, 6.45) is 4.01. The summed E-state index contributed by atoms with van der Waals surface area (Å²) in [7, 11) is 0. The maximum absolute atomic E-state index is 12.9. The van der Waals surface area contributed by atoms with Crippen molar-refractivity contribution in [3.63, 3.8) is 0 Å². The molecule has 2 aromatic heterocycles. The second-order valence-electron chi connectivity index (χ2n) is 3.71. The topological polar surface area (TPSA) is 33.5 Å². The summed E-state index contributed by atoms with van der Waals surface area (Å²) in [6, 6.07) is 5.13. The van der Waals surface area contributed by atoms with Gasteiger partial charge in [-0.25, -0.2) is 4.39 Å². The second kappa shape index (κ2) is 4.35. The fraction of sp³-hybridized carbons (Fsp3) is 0.250. The largest absolute Gasteiger partial charge is 0.356 e. The zero-order chi connectivity index (χ0) is 11.5. The van der Waals surface area contributed by atoms with Crippen LogP contribution in [0, 0.1) is 5.82 Å². The van der Waals surface area contributed by atoms with Crippen LogP contribution in [-0.4, -0.2) is 16.9 Å². The Balaban J connectivity index is 2.15. The van der Waals surface area contributed by atoms with E-state index in [1.165, 1.54) is 19.2 Å². The molecule has 0 aromatic carbocycles. The maximum Gasteiger partial charge on any atom is 0.216 e. The van der Waals surface area contributed by atoms with Gasteiger partial charge >= 0.3 is 0 Å². The van der Waals surface area contributed by atoms with E-state index in [0.29, 0.717) is 6.54 Å². The van der Waals surface area contributed by atoms with E-state index in [4.69, 9.17) is 0 Å². The molecule has 84 valence electrons. The van der Waals surface area contributed by atoms with Gasteiger partial charge in [0.25, 0.3) is 0 Å². The molecule has 0 aliphatic rings. The predicted molar refractivity (Wildman–Crippen MR) is 59.7 cm³/mol. The van der Waals surface area contributed by atoms with Crippen LogP contribution < -0.4 is 5.32 Å². The number of aromatic nitrogens is 1. The van der Waals surface area contributed by atoms with Crippen LogP contribution in [-0.2, 0) is 11.2 Å². The van der Waals surface area contributed by atoms with Crippen LogP contribution in [0.25, 0.3) is 5.52 Å². The molecule has 4 heteroatoms. The van der Waals surface area contributed by atoms with Gasteiger partial charge in [0, 0.05) is 31.4 Å². The first kappa shape index (κ1) is 10.7. The van der Waals surface area contributed by atoms with Crippen LogP contribution in [0.4, 0.5) is 4.39 Å². The van der Waals surface area contributed by atoms with Gasteiger partial charge in [0.1, 0.15) is 5.82 Å². The van der Waals surface area contributed by atoms with Crippen molar-refractivity contribution in [2.45, 2.75) is 13.3 Å². The third kappa shape index (κ3) is 2.21. The number of pyridine rings is 1. The Morgan fingerprint density at radius 2 is 2.25 bits per heavy atom. The number of carbonyl (C=O) groups is 1. The van der Waals surface area contributed by atoms with E-state index in [1.807, 2.05) is 12.3 Å². The molecule has 16 heavy (non-hydrogen) atoms. The van der Waals surface area contributed by atoms with Gasteiger partial charge in [0.2, 0.25) is 5.91 Å². The number of fused-ring (bicyclic) bond motifs is 1. The molecule has 3 nitrogen and oxygen atoms in total. The van der Waals surface area contributed by atoms with E-state index in [9.17, 15) is 9.18 Å². The highest BCUT2D eigenvalue weighted by Crippen LogP contribution is 2.13. The van der Waals surface area contributed by atoms with E-state index in [2.05, 4.69) is 5.32 Å². The number of nitrogens with zero attached hydrogens (tertiary/aromatic N) is 1. The van der Waals surface area contributed by atoms with Crippen molar-refractivity contribution in [2.24, 2.45) is 0 Å². The van der Waals surface area contributed by atoms with Crippen molar-refractivity contribution >= 4 is 11.4 Å². The minimum Gasteiger partial charge on any atom is -0.356 e. The summed E-state index contributed by atoms with van der Waals surface area (Å²) in [5, 5.41) is 2.74. The Hall–Kier alpha value is -1.84. The van der Waals surface area contributed by atoms with E-state index in [0.717, 1.165) is 17.5 Å². The molecule has 0 atom stereocenters. The molecule has 0 saturated heterocycles. The van der Waals surface area contributed by atoms with Crippen LogP contribution >= 0.6 is 0 Å². The number of hydrogen-bond acceptors (Lipinski definition) is 1. The highest BCUT2D eigenvalue weighted by atomic mass is 19.1. The lowest BCUT2D eigenvalue weighted by Crippen LogP contribution is -2.22. The minimum absolute atomic E-state index is 0.0328. The van der Waals surface area contributed by atoms with Gasteiger partial charge < -0.3 is 9.72 Å². The number of hydrogen-bond donors (Lipinski definition) is 1. The number of nitrogens with one attached hydrogen (secondary N) is 1. The molecule has 0 unspecified atom stereocenters. The zero-order valence-electron chi connectivity index (χ0n) is 9.03. The lowest BCUT2D eigenvalue weighted by atomic mass is 10.2. The van der Waals surface area contributed by atoms with Gasteiger partial charge in [-0.1, -0.05) is 0 Å². The fourth-order valence-corrected chi connectivity index (χ4v) is 1.73. The quantitative estimate of drug-likeness (QED) is 0.840.